The van der Waals surface area contributed by atoms with Crippen molar-refractivity contribution in [1.29, 1.82) is 0 Å². The molecule has 6 nitrogen and oxygen atoms in total. The third-order valence-corrected chi connectivity index (χ3v) is 9.86. The van der Waals surface area contributed by atoms with E-state index in [1.807, 2.05) is 45.9 Å². The predicted molar refractivity (Wildman–Crippen MR) is 178 cm³/mol. The lowest BCUT2D eigenvalue weighted by molar-refractivity contribution is -0.306. The minimum absolute atomic E-state index is 0.0279. The highest BCUT2D eigenvalue weighted by Crippen LogP contribution is 2.42. The number of allylic oxidation sites excluding steroid dienone is 3. The van der Waals surface area contributed by atoms with E-state index in [2.05, 4.69) is 47.4 Å². The van der Waals surface area contributed by atoms with Crippen molar-refractivity contribution in [3.8, 4) is 0 Å². The quantitative estimate of drug-likeness (QED) is 0.206. The number of hydrogen-bond acceptors (Lipinski definition) is 5. The fraction of sp³-hybridized carbons (Fsp3) is 0.684. The number of alkyl halides is 3. The molecule has 0 spiro atoms. The van der Waals surface area contributed by atoms with Crippen molar-refractivity contribution in [1.82, 2.24) is 9.80 Å². The SMILES string of the molecule is CC1CC(OC(F)(F)F)=CC=C1C(c1ccccc1)N1CCN(C(=O)CC2CCCC(CC(=O)OC(C)(C)C)CC2)C(C(C)(C)C)C1. The molecule has 1 saturated carbocycles. The third kappa shape index (κ3) is 10.8. The van der Waals surface area contributed by atoms with Gasteiger partial charge < -0.3 is 14.4 Å². The van der Waals surface area contributed by atoms with Gasteiger partial charge in [-0.1, -0.05) is 70.5 Å². The minimum Gasteiger partial charge on any atom is -0.460 e. The van der Waals surface area contributed by atoms with Crippen LogP contribution < -0.4 is 0 Å². The second-order valence-corrected chi connectivity index (χ2v) is 16.0. The summed E-state index contributed by atoms with van der Waals surface area (Å²) < 4.78 is 48.8. The van der Waals surface area contributed by atoms with Gasteiger partial charge in [0.25, 0.3) is 0 Å². The summed E-state index contributed by atoms with van der Waals surface area (Å²) in [6.45, 7) is 16.1. The Morgan fingerprint density at radius 2 is 1.53 bits per heavy atom. The zero-order valence-electron chi connectivity index (χ0n) is 29.4. The van der Waals surface area contributed by atoms with Crippen LogP contribution in [0.2, 0.25) is 0 Å². The molecular weight excluding hydrogens is 605 g/mol. The number of esters is 1. The number of ether oxygens (including phenoxy) is 2. The Labute approximate surface area is 279 Å². The first-order chi connectivity index (χ1) is 21.9. The van der Waals surface area contributed by atoms with Crippen LogP contribution in [0, 0.1) is 23.2 Å². The lowest BCUT2D eigenvalue weighted by Crippen LogP contribution is -2.60. The normalized spacial score (nSPS) is 25.7. The number of nitrogens with zero attached hydrogens (tertiary/aromatic N) is 2. The third-order valence-electron chi connectivity index (χ3n) is 9.86. The zero-order valence-corrected chi connectivity index (χ0v) is 29.4. The van der Waals surface area contributed by atoms with Crippen LogP contribution in [-0.4, -0.2) is 59.3 Å². The highest BCUT2D eigenvalue weighted by atomic mass is 19.4. The van der Waals surface area contributed by atoms with Gasteiger partial charge in [0.2, 0.25) is 5.91 Å². The fourth-order valence-electron chi connectivity index (χ4n) is 7.60. The molecule has 1 aromatic rings. The largest absolute Gasteiger partial charge is 0.572 e. The Kier molecular flexibility index (Phi) is 11.9. The number of carbonyl (C=O) groups excluding carboxylic acids is 2. The molecule has 1 heterocycles. The monoisotopic (exact) mass is 660 g/mol. The zero-order chi connectivity index (χ0) is 34.6. The average Bonchev–Trinajstić information content (AvgIpc) is 3.17. The summed E-state index contributed by atoms with van der Waals surface area (Å²) in [5.41, 5.74) is 1.48. The maximum atomic E-state index is 14.0. The molecule has 1 aliphatic heterocycles. The molecule has 5 atom stereocenters. The minimum atomic E-state index is -4.71. The number of rotatable bonds is 8. The topological polar surface area (TPSA) is 59.1 Å². The summed E-state index contributed by atoms with van der Waals surface area (Å²) in [5.74, 6) is 0.436. The molecule has 0 aromatic heterocycles. The molecule has 1 amide bonds. The highest BCUT2D eigenvalue weighted by Gasteiger charge is 2.42. The molecule has 1 saturated heterocycles. The molecule has 2 aliphatic carbocycles. The van der Waals surface area contributed by atoms with Crippen LogP contribution >= 0.6 is 0 Å². The van der Waals surface area contributed by atoms with Gasteiger partial charge in [-0.05, 0) is 86.8 Å². The Balaban J connectivity index is 1.47. The first-order valence-electron chi connectivity index (χ1n) is 17.4. The van der Waals surface area contributed by atoms with E-state index in [0.717, 1.165) is 43.2 Å². The van der Waals surface area contributed by atoms with Gasteiger partial charge in [-0.2, -0.15) is 0 Å². The fourth-order valence-corrected chi connectivity index (χ4v) is 7.60. The van der Waals surface area contributed by atoms with Crippen LogP contribution in [-0.2, 0) is 19.1 Å². The Bertz CT molecular complexity index is 1280. The van der Waals surface area contributed by atoms with Gasteiger partial charge in [-0.25, -0.2) is 0 Å². The van der Waals surface area contributed by atoms with E-state index in [0.29, 0.717) is 44.3 Å². The van der Waals surface area contributed by atoms with Crippen LogP contribution in [0.15, 0.2) is 53.8 Å². The van der Waals surface area contributed by atoms with E-state index >= 15 is 0 Å². The molecule has 262 valence electrons. The summed E-state index contributed by atoms with van der Waals surface area (Å²) in [6, 6.07) is 9.97. The summed E-state index contributed by atoms with van der Waals surface area (Å²) in [4.78, 5) is 31.0. The highest BCUT2D eigenvalue weighted by molar-refractivity contribution is 5.77. The standard InChI is InChI=1S/C38H55F3N2O4/c1-26-22-30(46-38(39,40)41)18-19-31(26)35(29-14-9-8-10-15-29)42-20-21-43(32(25-42)36(2,3)4)33(44)23-27-12-11-13-28(17-16-27)24-34(45)47-37(5,6)7/h8-10,14-15,18-19,26-28,32,35H,11-13,16-17,20-25H2,1-7H3. The molecule has 47 heavy (non-hydrogen) atoms. The van der Waals surface area contributed by atoms with Gasteiger partial charge in [-0.3, -0.25) is 14.5 Å². The molecule has 9 heteroatoms. The van der Waals surface area contributed by atoms with Crippen LogP contribution in [0.25, 0.3) is 0 Å². The second-order valence-electron chi connectivity index (χ2n) is 16.0. The Morgan fingerprint density at radius 1 is 0.894 bits per heavy atom. The first-order valence-corrected chi connectivity index (χ1v) is 17.4. The van der Waals surface area contributed by atoms with Gasteiger partial charge in [0.05, 0.1) is 6.04 Å². The average molecular weight is 661 g/mol. The molecule has 5 unspecified atom stereocenters. The summed E-state index contributed by atoms with van der Waals surface area (Å²) in [7, 11) is 0. The van der Waals surface area contributed by atoms with Gasteiger partial charge in [0.1, 0.15) is 11.4 Å². The van der Waals surface area contributed by atoms with E-state index in [1.54, 1.807) is 6.08 Å². The predicted octanol–water partition coefficient (Wildman–Crippen LogP) is 8.99. The van der Waals surface area contributed by atoms with Crippen molar-refractivity contribution >= 4 is 11.9 Å². The number of hydrogen-bond donors (Lipinski definition) is 0. The van der Waals surface area contributed by atoms with Crippen molar-refractivity contribution in [2.24, 2.45) is 23.2 Å². The van der Waals surface area contributed by atoms with E-state index in [-0.39, 0.29) is 47.5 Å². The molecule has 0 N–H and O–H groups in total. The Morgan fingerprint density at radius 3 is 2.11 bits per heavy atom. The van der Waals surface area contributed by atoms with Gasteiger partial charge in [0, 0.05) is 44.9 Å². The molecular formula is C38H55F3N2O4. The van der Waals surface area contributed by atoms with Crippen molar-refractivity contribution < 1.29 is 32.2 Å². The van der Waals surface area contributed by atoms with Crippen molar-refractivity contribution in [3.05, 3.63) is 59.4 Å². The molecule has 0 bridgehead atoms. The smallest absolute Gasteiger partial charge is 0.460 e. The van der Waals surface area contributed by atoms with Crippen molar-refractivity contribution in [3.63, 3.8) is 0 Å². The Hall–Kier alpha value is -2.81. The number of piperazine rings is 1. The maximum Gasteiger partial charge on any atom is 0.572 e. The van der Waals surface area contributed by atoms with Gasteiger partial charge in [0.15, 0.2) is 0 Å². The summed E-state index contributed by atoms with van der Waals surface area (Å²) >= 11 is 0. The van der Waals surface area contributed by atoms with Crippen LogP contribution in [0.1, 0.15) is 111 Å². The molecule has 2 fully saturated rings. The number of halogens is 3. The lowest BCUT2D eigenvalue weighted by Gasteiger charge is -2.50. The van der Waals surface area contributed by atoms with Crippen molar-refractivity contribution in [2.45, 2.75) is 124 Å². The first kappa shape index (κ1) is 37.0. The molecule has 3 aliphatic rings. The second kappa shape index (κ2) is 15.2. The molecule has 0 radical (unpaired) electrons. The van der Waals surface area contributed by atoms with Crippen LogP contribution in [0.4, 0.5) is 13.2 Å². The van der Waals surface area contributed by atoms with Crippen molar-refractivity contribution in [2.75, 3.05) is 19.6 Å². The molecule has 4 rings (SSSR count). The number of benzene rings is 1. The van der Waals surface area contributed by atoms with E-state index in [9.17, 15) is 22.8 Å². The van der Waals surface area contributed by atoms with Crippen LogP contribution in [0.5, 0.6) is 0 Å². The number of carbonyl (C=O) groups is 2. The van der Waals surface area contributed by atoms with Crippen LogP contribution in [0.3, 0.4) is 0 Å². The summed E-state index contributed by atoms with van der Waals surface area (Å²) in [5, 5.41) is 0. The summed E-state index contributed by atoms with van der Waals surface area (Å²) in [6.07, 6.45) is 4.56. The van der Waals surface area contributed by atoms with Gasteiger partial charge >= 0.3 is 12.3 Å². The number of amides is 1. The van der Waals surface area contributed by atoms with E-state index in [1.165, 1.54) is 6.08 Å². The lowest BCUT2D eigenvalue weighted by atomic mass is 9.80. The van der Waals surface area contributed by atoms with E-state index < -0.39 is 12.0 Å². The van der Waals surface area contributed by atoms with Gasteiger partial charge in [-0.15, -0.1) is 13.2 Å². The molecule has 1 aromatic carbocycles. The van der Waals surface area contributed by atoms with E-state index in [4.69, 9.17) is 4.74 Å². The maximum absolute atomic E-state index is 14.0.